The van der Waals surface area contributed by atoms with Gasteiger partial charge in [0.1, 0.15) is 0 Å². The van der Waals surface area contributed by atoms with Crippen LogP contribution in [0.2, 0.25) is 0 Å². The summed E-state index contributed by atoms with van der Waals surface area (Å²) < 4.78 is 10.2. The van der Waals surface area contributed by atoms with E-state index in [1.54, 1.807) is 20.3 Å². The normalized spacial score (nSPS) is 12.4. The quantitative estimate of drug-likeness (QED) is 0.763. The SMILES string of the molecule is CCC(COC)NCc1ccc(O)c(OC)c1. The third kappa shape index (κ3) is 4.24. The Kier molecular flexibility index (Phi) is 5.80. The smallest absolute Gasteiger partial charge is 0.160 e. The molecule has 1 aromatic rings. The standard InChI is InChI=1S/C13H21NO3/c1-4-11(9-16-2)14-8-10-5-6-12(15)13(7-10)17-3/h5-7,11,14-15H,4,8-9H2,1-3H3. The minimum Gasteiger partial charge on any atom is -0.504 e. The average Bonchev–Trinajstić information content (AvgIpc) is 2.36. The Bertz CT molecular complexity index is 341. The molecule has 4 nitrogen and oxygen atoms in total. The van der Waals surface area contributed by atoms with Gasteiger partial charge < -0.3 is 19.9 Å². The van der Waals surface area contributed by atoms with Gasteiger partial charge in [0.15, 0.2) is 11.5 Å². The van der Waals surface area contributed by atoms with Gasteiger partial charge in [-0.1, -0.05) is 13.0 Å². The molecule has 96 valence electrons. The lowest BCUT2D eigenvalue weighted by molar-refractivity contribution is 0.164. The molecule has 0 radical (unpaired) electrons. The minimum absolute atomic E-state index is 0.167. The molecule has 2 N–H and O–H groups in total. The highest BCUT2D eigenvalue weighted by Crippen LogP contribution is 2.26. The van der Waals surface area contributed by atoms with Gasteiger partial charge in [0, 0.05) is 19.7 Å². The maximum Gasteiger partial charge on any atom is 0.160 e. The summed E-state index contributed by atoms with van der Waals surface area (Å²) in [5.74, 6) is 0.671. The number of phenolic OH excluding ortho intramolecular Hbond substituents is 1. The lowest BCUT2D eigenvalue weighted by atomic mass is 10.1. The van der Waals surface area contributed by atoms with Gasteiger partial charge in [-0.15, -0.1) is 0 Å². The number of methoxy groups -OCH3 is 2. The van der Waals surface area contributed by atoms with E-state index in [2.05, 4.69) is 12.2 Å². The highest BCUT2D eigenvalue weighted by molar-refractivity contribution is 5.41. The van der Waals surface area contributed by atoms with Crippen molar-refractivity contribution in [3.63, 3.8) is 0 Å². The Morgan fingerprint density at radius 1 is 1.35 bits per heavy atom. The minimum atomic E-state index is 0.167. The molecule has 1 unspecified atom stereocenters. The van der Waals surface area contributed by atoms with Crippen molar-refractivity contribution < 1.29 is 14.6 Å². The summed E-state index contributed by atoms with van der Waals surface area (Å²) in [5.41, 5.74) is 1.08. The molecular formula is C13H21NO3. The van der Waals surface area contributed by atoms with Gasteiger partial charge in [0.05, 0.1) is 13.7 Å². The molecule has 0 heterocycles. The Morgan fingerprint density at radius 3 is 2.71 bits per heavy atom. The van der Waals surface area contributed by atoms with Gasteiger partial charge in [-0.2, -0.15) is 0 Å². The van der Waals surface area contributed by atoms with Crippen LogP contribution in [0.5, 0.6) is 11.5 Å². The molecule has 17 heavy (non-hydrogen) atoms. The van der Waals surface area contributed by atoms with Crippen molar-refractivity contribution in [2.75, 3.05) is 20.8 Å². The predicted octanol–water partition coefficient (Wildman–Crippen LogP) is 1.92. The molecule has 0 bridgehead atoms. The van der Waals surface area contributed by atoms with E-state index in [-0.39, 0.29) is 5.75 Å². The number of aromatic hydroxyl groups is 1. The van der Waals surface area contributed by atoms with Crippen LogP contribution in [0, 0.1) is 0 Å². The van der Waals surface area contributed by atoms with Crippen LogP contribution in [0.1, 0.15) is 18.9 Å². The van der Waals surface area contributed by atoms with Crippen LogP contribution < -0.4 is 10.1 Å². The zero-order valence-corrected chi connectivity index (χ0v) is 10.7. The van der Waals surface area contributed by atoms with Crippen LogP contribution >= 0.6 is 0 Å². The number of nitrogens with one attached hydrogen (secondary N) is 1. The second-order valence-electron chi connectivity index (χ2n) is 3.95. The molecule has 0 aromatic heterocycles. The highest BCUT2D eigenvalue weighted by Gasteiger charge is 2.06. The molecule has 0 aliphatic rings. The molecule has 0 fully saturated rings. The monoisotopic (exact) mass is 239 g/mol. The molecule has 0 aliphatic carbocycles. The van der Waals surface area contributed by atoms with E-state index in [9.17, 15) is 5.11 Å². The summed E-state index contributed by atoms with van der Waals surface area (Å²) in [4.78, 5) is 0. The number of rotatable bonds is 7. The van der Waals surface area contributed by atoms with Crippen LogP contribution in [0.25, 0.3) is 0 Å². The fourth-order valence-electron chi connectivity index (χ4n) is 1.62. The van der Waals surface area contributed by atoms with Crippen molar-refractivity contribution in [1.29, 1.82) is 0 Å². The van der Waals surface area contributed by atoms with Gasteiger partial charge in [-0.05, 0) is 24.1 Å². The van der Waals surface area contributed by atoms with E-state index in [1.807, 2.05) is 12.1 Å². The van der Waals surface area contributed by atoms with Crippen LogP contribution in [0.4, 0.5) is 0 Å². The zero-order chi connectivity index (χ0) is 12.7. The van der Waals surface area contributed by atoms with Crippen LogP contribution in [-0.2, 0) is 11.3 Å². The van der Waals surface area contributed by atoms with Crippen LogP contribution in [-0.4, -0.2) is 32.0 Å². The molecule has 0 saturated carbocycles. The lowest BCUT2D eigenvalue weighted by Crippen LogP contribution is -2.31. The molecule has 1 atom stereocenters. The number of ether oxygens (including phenoxy) is 2. The summed E-state index contributed by atoms with van der Waals surface area (Å²) in [7, 11) is 3.25. The van der Waals surface area contributed by atoms with Gasteiger partial charge in [-0.25, -0.2) is 0 Å². The third-order valence-electron chi connectivity index (χ3n) is 2.70. The van der Waals surface area contributed by atoms with Crippen molar-refractivity contribution in [2.45, 2.75) is 25.9 Å². The van der Waals surface area contributed by atoms with Gasteiger partial charge in [0.25, 0.3) is 0 Å². The summed E-state index contributed by atoms with van der Waals surface area (Å²) in [6.45, 7) is 3.55. The van der Waals surface area contributed by atoms with Gasteiger partial charge in [-0.3, -0.25) is 0 Å². The molecule has 0 aliphatic heterocycles. The summed E-state index contributed by atoms with van der Waals surface area (Å²) in [5, 5.41) is 12.9. The van der Waals surface area contributed by atoms with Crippen LogP contribution in [0.15, 0.2) is 18.2 Å². The molecule has 4 heteroatoms. The first kappa shape index (κ1) is 13.8. The molecule has 0 amide bonds. The van der Waals surface area contributed by atoms with Gasteiger partial charge in [0.2, 0.25) is 0 Å². The second kappa shape index (κ2) is 7.14. The topological polar surface area (TPSA) is 50.7 Å². The van der Waals surface area contributed by atoms with Crippen molar-refractivity contribution in [1.82, 2.24) is 5.32 Å². The number of benzene rings is 1. The third-order valence-corrected chi connectivity index (χ3v) is 2.70. The van der Waals surface area contributed by atoms with E-state index in [0.29, 0.717) is 18.4 Å². The first-order valence-corrected chi connectivity index (χ1v) is 5.79. The summed E-state index contributed by atoms with van der Waals surface area (Å²) in [6, 6.07) is 5.71. The largest absolute Gasteiger partial charge is 0.504 e. The van der Waals surface area contributed by atoms with Crippen LogP contribution in [0.3, 0.4) is 0 Å². The second-order valence-corrected chi connectivity index (χ2v) is 3.95. The molecule has 0 spiro atoms. The molecule has 0 saturated heterocycles. The first-order valence-electron chi connectivity index (χ1n) is 5.79. The molecular weight excluding hydrogens is 218 g/mol. The summed E-state index contributed by atoms with van der Waals surface area (Å²) >= 11 is 0. The average molecular weight is 239 g/mol. The Balaban J connectivity index is 2.56. The Morgan fingerprint density at radius 2 is 2.12 bits per heavy atom. The van der Waals surface area contributed by atoms with E-state index in [4.69, 9.17) is 9.47 Å². The van der Waals surface area contributed by atoms with E-state index in [1.165, 1.54) is 0 Å². The Hall–Kier alpha value is -1.26. The maximum atomic E-state index is 9.48. The first-order chi connectivity index (χ1) is 8.21. The fraction of sp³-hybridized carbons (Fsp3) is 0.538. The Labute approximate surface area is 103 Å². The van der Waals surface area contributed by atoms with Crippen molar-refractivity contribution >= 4 is 0 Å². The number of hydrogen-bond donors (Lipinski definition) is 2. The lowest BCUT2D eigenvalue weighted by Gasteiger charge is -2.16. The fourth-order valence-corrected chi connectivity index (χ4v) is 1.62. The van der Waals surface area contributed by atoms with E-state index in [0.717, 1.165) is 18.5 Å². The van der Waals surface area contributed by atoms with E-state index < -0.39 is 0 Å². The highest BCUT2D eigenvalue weighted by atomic mass is 16.5. The van der Waals surface area contributed by atoms with Crippen molar-refractivity contribution in [3.8, 4) is 11.5 Å². The molecule has 1 rings (SSSR count). The van der Waals surface area contributed by atoms with E-state index >= 15 is 0 Å². The zero-order valence-electron chi connectivity index (χ0n) is 10.7. The predicted molar refractivity (Wildman–Crippen MR) is 67.5 cm³/mol. The van der Waals surface area contributed by atoms with Crippen molar-refractivity contribution in [2.24, 2.45) is 0 Å². The van der Waals surface area contributed by atoms with Crippen molar-refractivity contribution in [3.05, 3.63) is 23.8 Å². The number of hydrogen-bond acceptors (Lipinski definition) is 4. The number of phenols is 1. The molecule has 1 aromatic carbocycles. The van der Waals surface area contributed by atoms with Gasteiger partial charge >= 0.3 is 0 Å². The maximum absolute atomic E-state index is 9.48. The summed E-state index contributed by atoms with van der Waals surface area (Å²) in [6.07, 6.45) is 1.02.